The van der Waals surface area contributed by atoms with Gasteiger partial charge in [0.05, 0.1) is 10.8 Å². The van der Waals surface area contributed by atoms with Crippen LogP contribution in [0.2, 0.25) is 0 Å². The first-order valence-electron chi connectivity index (χ1n) is 8.62. The van der Waals surface area contributed by atoms with Crippen LogP contribution in [-0.2, 0) is 25.8 Å². The van der Waals surface area contributed by atoms with Gasteiger partial charge in [-0.1, -0.05) is 0 Å². The summed E-state index contributed by atoms with van der Waals surface area (Å²) in [7, 11) is -3.27. The molecule has 0 spiro atoms. The highest BCUT2D eigenvalue weighted by Gasteiger charge is 2.38. The Bertz CT molecular complexity index is 816. The van der Waals surface area contributed by atoms with Crippen molar-refractivity contribution in [1.29, 1.82) is 0 Å². The van der Waals surface area contributed by atoms with Gasteiger partial charge in [-0.2, -0.15) is 0 Å². The van der Waals surface area contributed by atoms with Gasteiger partial charge in [0.2, 0.25) is 11.8 Å². The molecule has 6 nitrogen and oxygen atoms in total. The van der Waals surface area contributed by atoms with Gasteiger partial charge in [0.1, 0.15) is 0 Å². The van der Waals surface area contributed by atoms with E-state index in [2.05, 4.69) is 0 Å². The van der Waals surface area contributed by atoms with Gasteiger partial charge in [0.15, 0.2) is 9.84 Å². The highest BCUT2D eigenvalue weighted by Crippen LogP contribution is 2.32. The standard InChI is InChI=1S/C18H24N2O4S/c1-12(2)20-11-14(10-17(20)21)18(22)19-8-4-5-13-9-15(25(3,23)24)6-7-16(13)19/h6-7,9,12,14H,4-5,8,10-11H2,1-3H3/t14-/m1/s1. The lowest BCUT2D eigenvalue weighted by Gasteiger charge is -2.31. The Morgan fingerprint density at radius 1 is 1.28 bits per heavy atom. The monoisotopic (exact) mass is 364 g/mol. The Morgan fingerprint density at radius 3 is 2.60 bits per heavy atom. The van der Waals surface area contributed by atoms with E-state index >= 15 is 0 Å². The van der Waals surface area contributed by atoms with Gasteiger partial charge in [0.25, 0.3) is 0 Å². The summed E-state index contributed by atoms with van der Waals surface area (Å²) >= 11 is 0. The van der Waals surface area contributed by atoms with E-state index in [1.165, 1.54) is 6.26 Å². The highest BCUT2D eigenvalue weighted by atomic mass is 32.2. The second kappa shape index (κ2) is 6.44. The van der Waals surface area contributed by atoms with Crippen LogP contribution < -0.4 is 4.90 Å². The molecule has 2 aliphatic heterocycles. The van der Waals surface area contributed by atoms with Gasteiger partial charge in [-0.05, 0) is 50.5 Å². The van der Waals surface area contributed by atoms with Crippen LogP contribution in [0, 0.1) is 5.92 Å². The summed E-state index contributed by atoms with van der Waals surface area (Å²) in [6.45, 7) is 4.97. The molecule has 0 saturated carbocycles. The molecule has 7 heteroatoms. The molecular weight excluding hydrogens is 340 g/mol. The first-order valence-corrected chi connectivity index (χ1v) is 10.5. The first-order chi connectivity index (χ1) is 11.7. The predicted molar refractivity (Wildman–Crippen MR) is 95.2 cm³/mol. The zero-order valence-electron chi connectivity index (χ0n) is 14.9. The fourth-order valence-electron chi connectivity index (χ4n) is 3.65. The lowest BCUT2D eigenvalue weighted by Crippen LogP contribution is -2.41. The van der Waals surface area contributed by atoms with Crippen LogP contribution in [0.4, 0.5) is 5.69 Å². The molecule has 1 atom stereocenters. The molecule has 1 saturated heterocycles. The molecular formula is C18H24N2O4S. The zero-order chi connectivity index (χ0) is 18.4. The van der Waals surface area contributed by atoms with Crippen molar-refractivity contribution in [2.24, 2.45) is 5.92 Å². The number of carbonyl (C=O) groups excluding carboxylic acids is 2. The predicted octanol–water partition coefficient (Wildman–Crippen LogP) is 1.63. The summed E-state index contributed by atoms with van der Waals surface area (Å²) in [5, 5.41) is 0. The molecule has 3 rings (SSSR count). The lowest BCUT2D eigenvalue weighted by molar-refractivity contribution is -0.129. The quantitative estimate of drug-likeness (QED) is 0.817. The topological polar surface area (TPSA) is 74.8 Å². The third-order valence-corrected chi connectivity index (χ3v) is 6.11. The summed E-state index contributed by atoms with van der Waals surface area (Å²) < 4.78 is 23.5. The molecule has 0 N–H and O–H groups in total. The van der Waals surface area contributed by atoms with E-state index in [0.717, 1.165) is 24.1 Å². The van der Waals surface area contributed by atoms with Crippen LogP contribution in [0.25, 0.3) is 0 Å². The van der Waals surface area contributed by atoms with Crippen LogP contribution in [0.5, 0.6) is 0 Å². The zero-order valence-corrected chi connectivity index (χ0v) is 15.7. The second-order valence-electron chi connectivity index (χ2n) is 7.20. The number of rotatable bonds is 3. The van der Waals surface area contributed by atoms with Crippen LogP contribution in [0.15, 0.2) is 23.1 Å². The fraction of sp³-hybridized carbons (Fsp3) is 0.556. The number of hydrogen-bond acceptors (Lipinski definition) is 4. The van der Waals surface area contributed by atoms with Crippen LogP contribution in [0.3, 0.4) is 0 Å². The molecule has 0 unspecified atom stereocenters. The van der Waals surface area contributed by atoms with Crippen LogP contribution in [-0.4, -0.2) is 50.5 Å². The van der Waals surface area contributed by atoms with E-state index in [9.17, 15) is 18.0 Å². The minimum atomic E-state index is -3.27. The number of benzene rings is 1. The molecule has 0 aromatic heterocycles. The van der Waals surface area contributed by atoms with E-state index < -0.39 is 9.84 Å². The molecule has 136 valence electrons. The molecule has 2 amide bonds. The van der Waals surface area contributed by atoms with Crippen LogP contribution in [0.1, 0.15) is 32.3 Å². The molecule has 2 heterocycles. The smallest absolute Gasteiger partial charge is 0.232 e. The number of carbonyl (C=O) groups is 2. The third kappa shape index (κ3) is 3.42. The Morgan fingerprint density at radius 2 is 2.00 bits per heavy atom. The maximum atomic E-state index is 13.0. The molecule has 1 fully saturated rings. The number of hydrogen-bond donors (Lipinski definition) is 0. The lowest BCUT2D eigenvalue weighted by atomic mass is 9.99. The summed E-state index contributed by atoms with van der Waals surface area (Å²) in [5.41, 5.74) is 1.66. The molecule has 0 aliphatic carbocycles. The number of anilines is 1. The summed E-state index contributed by atoms with van der Waals surface area (Å²) in [6.07, 6.45) is 2.99. The van der Waals surface area contributed by atoms with Crippen molar-refractivity contribution >= 4 is 27.3 Å². The maximum Gasteiger partial charge on any atom is 0.232 e. The van der Waals surface area contributed by atoms with Crippen molar-refractivity contribution in [3.63, 3.8) is 0 Å². The van der Waals surface area contributed by atoms with Gasteiger partial charge in [-0.25, -0.2) is 8.42 Å². The average Bonchev–Trinajstić information content (AvgIpc) is 2.94. The van der Waals surface area contributed by atoms with Crippen molar-refractivity contribution in [3.05, 3.63) is 23.8 Å². The number of fused-ring (bicyclic) bond motifs is 1. The van der Waals surface area contributed by atoms with Crippen molar-refractivity contribution in [2.75, 3.05) is 24.2 Å². The number of nitrogens with zero attached hydrogens (tertiary/aromatic N) is 2. The largest absolute Gasteiger partial charge is 0.339 e. The van der Waals surface area contributed by atoms with Gasteiger partial charge in [-0.3, -0.25) is 9.59 Å². The molecule has 1 aromatic carbocycles. The first kappa shape index (κ1) is 17.9. The van der Waals surface area contributed by atoms with Gasteiger partial charge >= 0.3 is 0 Å². The second-order valence-corrected chi connectivity index (χ2v) is 9.21. The minimum absolute atomic E-state index is 0.0259. The molecule has 0 bridgehead atoms. The van der Waals surface area contributed by atoms with E-state index in [0.29, 0.717) is 13.1 Å². The van der Waals surface area contributed by atoms with Gasteiger partial charge in [-0.15, -0.1) is 0 Å². The van der Waals surface area contributed by atoms with E-state index in [4.69, 9.17) is 0 Å². The normalized spacial score (nSPS) is 21.0. The SMILES string of the molecule is CC(C)N1C[C@H](C(=O)N2CCCc3cc(S(C)(=O)=O)ccc32)CC1=O. The van der Waals surface area contributed by atoms with E-state index in [1.54, 1.807) is 28.0 Å². The Kier molecular flexibility index (Phi) is 4.62. The van der Waals surface area contributed by atoms with E-state index in [1.807, 2.05) is 13.8 Å². The number of amides is 2. The Hall–Kier alpha value is -1.89. The number of likely N-dealkylation sites (tertiary alicyclic amines) is 1. The van der Waals surface area contributed by atoms with Gasteiger partial charge < -0.3 is 9.80 Å². The summed E-state index contributed by atoms with van der Waals surface area (Å²) in [5.74, 6) is -0.335. The molecule has 25 heavy (non-hydrogen) atoms. The number of aryl methyl sites for hydroxylation is 1. The molecule has 0 radical (unpaired) electrons. The summed E-state index contributed by atoms with van der Waals surface area (Å²) in [6, 6.07) is 5.04. The highest BCUT2D eigenvalue weighted by molar-refractivity contribution is 7.90. The van der Waals surface area contributed by atoms with Crippen molar-refractivity contribution in [1.82, 2.24) is 4.90 Å². The van der Waals surface area contributed by atoms with Crippen molar-refractivity contribution < 1.29 is 18.0 Å². The van der Waals surface area contributed by atoms with Gasteiger partial charge in [0, 0.05) is 37.5 Å². The molecule has 1 aromatic rings. The van der Waals surface area contributed by atoms with Crippen LogP contribution >= 0.6 is 0 Å². The Labute approximate surface area is 148 Å². The number of sulfone groups is 1. The van der Waals surface area contributed by atoms with E-state index in [-0.39, 0.29) is 35.1 Å². The maximum absolute atomic E-state index is 13.0. The third-order valence-electron chi connectivity index (χ3n) is 4.99. The average molecular weight is 364 g/mol. The Balaban J connectivity index is 1.86. The fourth-order valence-corrected chi connectivity index (χ4v) is 4.32. The molecule has 2 aliphatic rings. The van der Waals surface area contributed by atoms with Crippen molar-refractivity contribution in [3.8, 4) is 0 Å². The van der Waals surface area contributed by atoms with Crippen molar-refractivity contribution in [2.45, 2.75) is 44.0 Å². The minimum Gasteiger partial charge on any atom is -0.339 e. The summed E-state index contributed by atoms with van der Waals surface area (Å²) in [4.78, 5) is 28.8.